The molecular formula is C28H23ClF6N4O2. The van der Waals surface area contributed by atoms with Gasteiger partial charge in [0.05, 0.1) is 23.7 Å². The Labute approximate surface area is 235 Å². The topological polar surface area (TPSA) is 68.2 Å². The number of piperazine rings is 1. The van der Waals surface area contributed by atoms with Crippen LogP contribution in [0.2, 0.25) is 5.02 Å². The van der Waals surface area contributed by atoms with Crippen LogP contribution in [-0.4, -0.2) is 52.6 Å². The minimum Gasteiger partial charge on any atom is -0.361 e. The molecule has 1 amide bonds. The van der Waals surface area contributed by atoms with Crippen molar-refractivity contribution < 1.29 is 36.2 Å². The molecule has 3 aromatic carbocycles. The number of benzene rings is 3. The number of nitrogens with zero attached hydrogens (tertiary/aromatic N) is 3. The van der Waals surface area contributed by atoms with E-state index in [9.17, 15) is 36.2 Å². The molecule has 2 aliphatic heterocycles. The van der Waals surface area contributed by atoms with Gasteiger partial charge in [0, 0.05) is 23.7 Å². The first-order valence-electron chi connectivity index (χ1n) is 12.5. The lowest BCUT2D eigenvalue weighted by molar-refractivity contribution is -0.138. The summed E-state index contributed by atoms with van der Waals surface area (Å²) in [6.07, 6.45) is -10.6. The number of carbonyl (C=O) groups excluding carboxylic acids is 1. The van der Waals surface area contributed by atoms with Gasteiger partial charge < -0.3 is 15.3 Å². The van der Waals surface area contributed by atoms with Crippen LogP contribution in [0.25, 0.3) is 0 Å². The van der Waals surface area contributed by atoms with E-state index in [0.717, 1.165) is 24.3 Å². The highest BCUT2D eigenvalue weighted by molar-refractivity contribution is 6.30. The zero-order valence-corrected chi connectivity index (χ0v) is 21.9. The van der Waals surface area contributed by atoms with Crippen molar-refractivity contribution in [1.82, 2.24) is 15.1 Å². The molecule has 3 aromatic rings. The number of halogens is 7. The molecular weight excluding hydrogens is 574 g/mol. The molecule has 13 heteroatoms. The van der Waals surface area contributed by atoms with Gasteiger partial charge in [0.2, 0.25) is 5.91 Å². The summed E-state index contributed by atoms with van der Waals surface area (Å²) < 4.78 is 79.7. The number of carbonyl (C=O) groups is 1. The summed E-state index contributed by atoms with van der Waals surface area (Å²) in [6, 6.07) is 13.5. The van der Waals surface area contributed by atoms with Gasteiger partial charge in [-0.25, -0.2) is 4.90 Å². The number of hydrogen-bond acceptors (Lipinski definition) is 5. The molecule has 216 valence electrons. The Morgan fingerprint density at radius 2 is 1.51 bits per heavy atom. The van der Waals surface area contributed by atoms with Crippen molar-refractivity contribution in [2.24, 2.45) is 4.99 Å². The molecule has 2 N–H and O–H groups in total. The molecule has 0 spiro atoms. The van der Waals surface area contributed by atoms with Crippen molar-refractivity contribution in [3.63, 3.8) is 0 Å². The van der Waals surface area contributed by atoms with Crippen molar-refractivity contribution in [2.75, 3.05) is 19.6 Å². The minimum absolute atomic E-state index is 0.104. The molecule has 5 rings (SSSR count). The van der Waals surface area contributed by atoms with E-state index in [1.54, 1.807) is 24.3 Å². The fourth-order valence-corrected chi connectivity index (χ4v) is 5.23. The number of rotatable bonds is 5. The van der Waals surface area contributed by atoms with E-state index in [1.165, 1.54) is 34.1 Å². The monoisotopic (exact) mass is 596 g/mol. The molecule has 0 bridgehead atoms. The maximum Gasteiger partial charge on any atom is 0.416 e. The van der Waals surface area contributed by atoms with Gasteiger partial charge in [0.15, 0.2) is 6.35 Å². The van der Waals surface area contributed by atoms with Gasteiger partial charge in [-0.2, -0.15) is 26.3 Å². The Balaban J connectivity index is 1.65. The first kappa shape index (κ1) is 28.9. The standard InChI is InChI=1S/C28H23ClF6N4O2/c29-21-3-1-2-18(14-21)24-23(16-4-8-19(9-5-16)27(30,31)32)37-25(17-6-10-20(11-7-17)28(33,34)35)39(24)26(41)38-13-12-36-22(40)15-38/h1-11,14,23-24,26,41H,12-13,15H2,(H,36,40). The van der Waals surface area contributed by atoms with E-state index in [1.807, 2.05) is 0 Å². The number of amidine groups is 1. The molecule has 41 heavy (non-hydrogen) atoms. The summed E-state index contributed by atoms with van der Waals surface area (Å²) in [5.41, 5.74) is -0.584. The summed E-state index contributed by atoms with van der Waals surface area (Å²) in [6.45, 7) is 0.350. The van der Waals surface area contributed by atoms with Crippen molar-refractivity contribution in [3.8, 4) is 0 Å². The highest BCUT2D eigenvalue weighted by Crippen LogP contribution is 2.46. The lowest BCUT2D eigenvalue weighted by atomic mass is 9.93. The zero-order chi connectivity index (χ0) is 29.5. The third-order valence-electron chi connectivity index (χ3n) is 6.99. The number of hydrogen-bond donors (Lipinski definition) is 2. The van der Waals surface area contributed by atoms with E-state index in [-0.39, 0.29) is 36.9 Å². The summed E-state index contributed by atoms with van der Waals surface area (Å²) in [4.78, 5) is 19.9. The maximum atomic E-state index is 13.3. The van der Waals surface area contributed by atoms with Crippen LogP contribution in [0.1, 0.15) is 39.9 Å². The van der Waals surface area contributed by atoms with Crippen molar-refractivity contribution >= 4 is 23.3 Å². The highest BCUT2D eigenvalue weighted by atomic mass is 35.5. The summed E-state index contributed by atoms with van der Waals surface area (Å²) in [5, 5.41) is 14.7. The molecule has 2 heterocycles. The summed E-state index contributed by atoms with van der Waals surface area (Å²) in [7, 11) is 0. The quantitative estimate of drug-likeness (QED) is 0.375. The van der Waals surface area contributed by atoms with E-state index < -0.39 is 41.9 Å². The summed E-state index contributed by atoms with van der Waals surface area (Å²) in [5.74, 6) is -0.229. The molecule has 0 aromatic heterocycles. The number of alkyl halides is 6. The second-order valence-corrected chi connectivity index (χ2v) is 10.1. The van der Waals surface area contributed by atoms with Crippen LogP contribution in [-0.2, 0) is 17.1 Å². The molecule has 6 nitrogen and oxygen atoms in total. The van der Waals surface area contributed by atoms with Gasteiger partial charge in [-0.3, -0.25) is 9.79 Å². The number of aliphatic hydroxyl groups excluding tert-OH is 1. The molecule has 0 saturated carbocycles. The molecule has 3 unspecified atom stereocenters. The minimum atomic E-state index is -4.58. The van der Waals surface area contributed by atoms with Crippen LogP contribution < -0.4 is 5.32 Å². The fourth-order valence-electron chi connectivity index (χ4n) is 5.03. The van der Waals surface area contributed by atoms with Crippen LogP contribution in [0, 0.1) is 0 Å². The number of aliphatic imine (C=N–C) groups is 1. The highest BCUT2D eigenvalue weighted by Gasteiger charge is 2.44. The van der Waals surface area contributed by atoms with Gasteiger partial charge in [-0.1, -0.05) is 48.0 Å². The third-order valence-corrected chi connectivity index (χ3v) is 7.22. The van der Waals surface area contributed by atoms with E-state index >= 15 is 0 Å². The van der Waals surface area contributed by atoms with Crippen LogP contribution in [0.4, 0.5) is 26.3 Å². The average Bonchev–Trinajstić information content (AvgIpc) is 3.32. The van der Waals surface area contributed by atoms with Gasteiger partial charge >= 0.3 is 12.4 Å². The van der Waals surface area contributed by atoms with Gasteiger partial charge in [-0.05, 0) is 47.5 Å². The third kappa shape index (κ3) is 6.04. The Hall–Kier alpha value is -3.61. The lowest BCUT2D eigenvalue weighted by Gasteiger charge is -2.41. The van der Waals surface area contributed by atoms with Crippen LogP contribution >= 0.6 is 11.6 Å². The predicted molar refractivity (Wildman–Crippen MR) is 139 cm³/mol. The molecule has 1 saturated heterocycles. The van der Waals surface area contributed by atoms with Crippen molar-refractivity contribution in [2.45, 2.75) is 30.8 Å². The largest absolute Gasteiger partial charge is 0.416 e. The Kier molecular flexibility index (Phi) is 7.75. The second-order valence-electron chi connectivity index (χ2n) is 9.67. The molecule has 2 aliphatic rings. The number of aliphatic hydroxyl groups is 1. The number of amides is 1. The molecule has 0 radical (unpaired) electrons. The van der Waals surface area contributed by atoms with E-state index in [0.29, 0.717) is 16.1 Å². The van der Waals surface area contributed by atoms with E-state index in [4.69, 9.17) is 16.6 Å². The van der Waals surface area contributed by atoms with E-state index in [2.05, 4.69) is 5.32 Å². The smallest absolute Gasteiger partial charge is 0.361 e. The van der Waals surface area contributed by atoms with Crippen LogP contribution in [0.5, 0.6) is 0 Å². The molecule has 0 aliphatic carbocycles. The van der Waals surface area contributed by atoms with Crippen LogP contribution in [0.15, 0.2) is 77.8 Å². The first-order chi connectivity index (χ1) is 19.3. The Morgan fingerprint density at radius 1 is 0.902 bits per heavy atom. The van der Waals surface area contributed by atoms with Crippen molar-refractivity contribution in [3.05, 3.63) is 106 Å². The normalized spacial score (nSPS) is 21.0. The second kappa shape index (κ2) is 11.0. The fraction of sp³-hybridized carbons (Fsp3) is 0.286. The Morgan fingerprint density at radius 3 is 2.07 bits per heavy atom. The lowest BCUT2D eigenvalue weighted by Crippen LogP contribution is -2.58. The average molecular weight is 597 g/mol. The predicted octanol–water partition coefficient (Wildman–Crippen LogP) is 5.63. The zero-order valence-electron chi connectivity index (χ0n) is 21.1. The molecule has 3 atom stereocenters. The SMILES string of the molecule is O=C1CN(C(O)N2C(c3ccc(C(F)(F)F)cc3)=NC(c3ccc(C(F)(F)F)cc3)C2c2cccc(Cl)c2)CCN1. The maximum absolute atomic E-state index is 13.3. The summed E-state index contributed by atoms with van der Waals surface area (Å²) >= 11 is 6.28. The van der Waals surface area contributed by atoms with Crippen molar-refractivity contribution in [1.29, 1.82) is 0 Å². The Bertz CT molecular complexity index is 1440. The van der Waals surface area contributed by atoms with Crippen LogP contribution in [0.3, 0.4) is 0 Å². The van der Waals surface area contributed by atoms with Gasteiger partial charge in [0.1, 0.15) is 11.9 Å². The van der Waals surface area contributed by atoms with Gasteiger partial charge in [0.25, 0.3) is 0 Å². The molecule has 1 fully saturated rings. The first-order valence-corrected chi connectivity index (χ1v) is 12.9. The van der Waals surface area contributed by atoms with Gasteiger partial charge in [-0.15, -0.1) is 0 Å². The number of nitrogens with one attached hydrogen (secondary N) is 1.